The van der Waals surface area contributed by atoms with E-state index in [1.165, 1.54) is 36.0 Å². The quantitative estimate of drug-likeness (QED) is 0.777. The number of nitrogens with zero attached hydrogens (tertiary/aromatic N) is 1. The van der Waals surface area contributed by atoms with E-state index in [2.05, 4.69) is 4.90 Å². The van der Waals surface area contributed by atoms with E-state index in [-0.39, 0.29) is 22.0 Å². The van der Waals surface area contributed by atoms with Crippen molar-refractivity contribution in [3.8, 4) is 0 Å². The fourth-order valence-electron chi connectivity index (χ4n) is 2.76. The van der Waals surface area contributed by atoms with Crippen LogP contribution in [0.4, 0.5) is 4.39 Å². The molecule has 5 heteroatoms. The van der Waals surface area contributed by atoms with Gasteiger partial charge in [0.1, 0.15) is 5.82 Å². The summed E-state index contributed by atoms with van der Waals surface area (Å²) >= 11 is 1.35. The SMILES string of the molecule is O=C(CN1CC[C@H](SC(=O)c2ccccc2)C1)c1ccc(F)cc1. The van der Waals surface area contributed by atoms with Crippen molar-refractivity contribution in [2.75, 3.05) is 19.6 Å². The van der Waals surface area contributed by atoms with E-state index in [4.69, 9.17) is 0 Å². The van der Waals surface area contributed by atoms with Crippen LogP contribution in [0.2, 0.25) is 0 Å². The molecule has 3 rings (SSSR count). The molecule has 0 unspecified atom stereocenters. The Kier molecular flexibility index (Phi) is 5.43. The van der Waals surface area contributed by atoms with E-state index in [9.17, 15) is 14.0 Å². The van der Waals surface area contributed by atoms with Crippen molar-refractivity contribution in [2.24, 2.45) is 0 Å². The van der Waals surface area contributed by atoms with Crippen LogP contribution in [0.3, 0.4) is 0 Å². The van der Waals surface area contributed by atoms with Gasteiger partial charge in [0, 0.05) is 22.9 Å². The molecule has 124 valence electrons. The predicted octanol–water partition coefficient (Wildman–Crippen LogP) is 3.66. The summed E-state index contributed by atoms with van der Waals surface area (Å²) in [4.78, 5) is 26.5. The topological polar surface area (TPSA) is 37.4 Å². The Bertz CT molecular complexity index is 718. The number of hydrogen-bond donors (Lipinski definition) is 0. The highest BCUT2D eigenvalue weighted by Gasteiger charge is 2.27. The van der Waals surface area contributed by atoms with Crippen molar-refractivity contribution in [1.29, 1.82) is 0 Å². The highest BCUT2D eigenvalue weighted by molar-refractivity contribution is 8.14. The third-order valence-corrected chi connectivity index (χ3v) is 5.21. The second-order valence-electron chi connectivity index (χ2n) is 5.85. The molecule has 1 saturated heterocycles. The first kappa shape index (κ1) is 16.9. The Morgan fingerprint density at radius 1 is 1.04 bits per heavy atom. The number of ketones is 1. The molecule has 0 saturated carbocycles. The molecule has 1 aliphatic rings. The van der Waals surface area contributed by atoms with Gasteiger partial charge in [-0.25, -0.2) is 4.39 Å². The normalized spacial score (nSPS) is 17.8. The van der Waals surface area contributed by atoms with E-state index in [0.29, 0.717) is 17.7 Å². The molecule has 1 aliphatic heterocycles. The van der Waals surface area contributed by atoms with Crippen LogP contribution in [0.5, 0.6) is 0 Å². The van der Waals surface area contributed by atoms with Crippen LogP contribution in [-0.4, -0.2) is 40.7 Å². The summed E-state index contributed by atoms with van der Waals surface area (Å²) in [5.41, 5.74) is 1.23. The third kappa shape index (κ3) is 4.30. The van der Waals surface area contributed by atoms with Crippen LogP contribution in [0.25, 0.3) is 0 Å². The molecule has 0 aromatic heterocycles. The average Bonchev–Trinajstić information content (AvgIpc) is 3.03. The number of thioether (sulfide) groups is 1. The molecule has 0 bridgehead atoms. The summed E-state index contributed by atoms with van der Waals surface area (Å²) in [6, 6.07) is 14.9. The molecule has 2 aromatic carbocycles. The maximum atomic E-state index is 12.9. The molecule has 1 fully saturated rings. The van der Waals surface area contributed by atoms with Crippen molar-refractivity contribution >= 4 is 22.7 Å². The molecule has 1 heterocycles. The molecule has 3 nitrogen and oxygen atoms in total. The van der Waals surface area contributed by atoms with Gasteiger partial charge in [-0.2, -0.15) is 0 Å². The van der Waals surface area contributed by atoms with Gasteiger partial charge in [-0.1, -0.05) is 42.1 Å². The minimum absolute atomic E-state index is 0.0185. The molecular formula is C19H18FNO2S. The molecule has 0 aliphatic carbocycles. The van der Waals surface area contributed by atoms with Crippen LogP contribution < -0.4 is 0 Å². The molecule has 0 amide bonds. The van der Waals surface area contributed by atoms with Gasteiger partial charge in [0.25, 0.3) is 0 Å². The lowest BCUT2D eigenvalue weighted by Gasteiger charge is -2.14. The van der Waals surface area contributed by atoms with Crippen LogP contribution in [0.15, 0.2) is 54.6 Å². The number of carbonyl (C=O) groups is 2. The van der Waals surface area contributed by atoms with Crippen LogP contribution >= 0.6 is 11.8 Å². The van der Waals surface area contributed by atoms with Crippen molar-refractivity contribution in [1.82, 2.24) is 4.90 Å². The standard InChI is InChI=1S/C19H18FNO2S/c20-16-8-6-14(7-9-16)18(22)13-21-11-10-17(12-21)24-19(23)15-4-2-1-3-5-15/h1-9,17H,10-13H2/t17-/m0/s1. The Morgan fingerprint density at radius 3 is 2.46 bits per heavy atom. The summed E-state index contributed by atoms with van der Waals surface area (Å²) in [6.07, 6.45) is 0.889. The Hall–Kier alpha value is -1.98. The molecule has 24 heavy (non-hydrogen) atoms. The van der Waals surface area contributed by atoms with Gasteiger partial charge in [0.05, 0.1) is 6.54 Å². The predicted molar refractivity (Wildman–Crippen MR) is 93.9 cm³/mol. The highest BCUT2D eigenvalue weighted by atomic mass is 32.2. The summed E-state index contributed by atoms with van der Waals surface area (Å²) < 4.78 is 12.9. The van der Waals surface area contributed by atoms with Crippen molar-refractivity contribution in [2.45, 2.75) is 11.7 Å². The van der Waals surface area contributed by atoms with Gasteiger partial charge in [0.2, 0.25) is 5.12 Å². The first-order valence-electron chi connectivity index (χ1n) is 7.89. The number of benzene rings is 2. The van der Waals surface area contributed by atoms with Gasteiger partial charge in [-0.3, -0.25) is 14.5 Å². The van der Waals surface area contributed by atoms with E-state index >= 15 is 0 Å². The summed E-state index contributed by atoms with van der Waals surface area (Å²) in [5, 5.41) is 0.283. The van der Waals surface area contributed by atoms with Gasteiger partial charge in [0.15, 0.2) is 5.78 Å². The van der Waals surface area contributed by atoms with Crippen molar-refractivity contribution < 1.29 is 14.0 Å². The largest absolute Gasteiger partial charge is 0.295 e. The molecular weight excluding hydrogens is 325 g/mol. The number of halogens is 1. The van der Waals surface area contributed by atoms with Gasteiger partial charge in [-0.05, 0) is 37.2 Å². The first-order valence-corrected chi connectivity index (χ1v) is 8.77. The van der Waals surface area contributed by atoms with E-state index in [1.807, 2.05) is 30.3 Å². The number of hydrogen-bond acceptors (Lipinski definition) is 4. The monoisotopic (exact) mass is 343 g/mol. The molecule has 1 atom stereocenters. The van der Waals surface area contributed by atoms with Gasteiger partial charge < -0.3 is 0 Å². The van der Waals surface area contributed by atoms with E-state index < -0.39 is 0 Å². The lowest BCUT2D eigenvalue weighted by atomic mass is 10.1. The average molecular weight is 343 g/mol. The van der Waals surface area contributed by atoms with E-state index in [0.717, 1.165) is 19.5 Å². The summed E-state index contributed by atoms with van der Waals surface area (Å²) in [7, 11) is 0. The van der Waals surface area contributed by atoms with Gasteiger partial charge >= 0.3 is 0 Å². The Morgan fingerprint density at radius 2 is 1.75 bits per heavy atom. The van der Waals surface area contributed by atoms with Crippen molar-refractivity contribution in [3.63, 3.8) is 0 Å². The summed E-state index contributed by atoms with van der Waals surface area (Å²) in [5.74, 6) is -0.362. The van der Waals surface area contributed by atoms with Crippen LogP contribution in [-0.2, 0) is 0 Å². The minimum atomic E-state index is -0.344. The van der Waals surface area contributed by atoms with Gasteiger partial charge in [-0.15, -0.1) is 0 Å². The fraction of sp³-hybridized carbons (Fsp3) is 0.263. The number of rotatable bonds is 5. The molecule has 2 aromatic rings. The first-order chi connectivity index (χ1) is 11.6. The highest BCUT2D eigenvalue weighted by Crippen LogP contribution is 2.26. The smallest absolute Gasteiger partial charge is 0.219 e. The fourth-order valence-corrected chi connectivity index (χ4v) is 3.84. The number of carbonyl (C=O) groups excluding carboxylic acids is 2. The zero-order chi connectivity index (χ0) is 16.9. The zero-order valence-corrected chi connectivity index (χ0v) is 14.0. The summed E-state index contributed by atoms with van der Waals surface area (Å²) in [6.45, 7) is 1.82. The number of Topliss-reactive ketones (excluding diaryl/α,β-unsaturated/α-hetero) is 1. The maximum Gasteiger partial charge on any atom is 0.219 e. The molecule has 0 radical (unpaired) electrons. The second-order valence-corrected chi connectivity index (χ2v) is 7.12. The maximum absolute atomic E-state index is 12.9. The van der Waals surface area contributed by atoms with Crippen molar-refractivity contribution in [3.05, 3.63) is 71.5 Å². The van der Waals surface area contributed by atoms with E-state index in [1.54, 1.807) is 0 Å². The lowest BCUT2D eigenvalue weighted by molar-refractivity contribution is 0.0945. The molecule has 0 N–H and O–H groups in total. The number of likely N-dealkylation sites (tertiary alicyclic amines) is 1. The molecule has 0 spiro atoms. The minimum Gasteiger partial charge on any atom is -0.295 e. The Balaban J connectivity index is 1.51. The van der Waals surface area contributed by atoms with Crippen LogP contribution in [0, 0.1) is 5.82 Å². The Labute approximate surface area is 144 Å². The second kappa shape index (κ2) is 7.73. The third-order valence-electron chi connectivity index (χ3n) is 4.05. The lowest BCUT2D eigenvalue weighted by Crippen LogP contribution is -2.28. The zero-order valence-electron chi connectivity index (χ0n) is 13.2. The van der Waals surface area contributed by atoms with Crippen LogP contribution in [0.1, 0.15) is 27.1 Å².